The first-order valence-electron chi connectivity index (χ1n) is 8.88. The Morgan fingerprint density at radius 1 is 1.30 bits per heavy atom. The number of ether oxygens (including phenoxy) is 1. The van der Waals surface area contributed by atoms with Crippen molar-refractivity contribution in [3.8, 4) is 0 Å². The molecule has 2 fully saturated rings. The minimum Gasteiger partial charge on any atom is -0.379 e. The summed E-state index contributed by atoms with van der Waals surface area (Å²) in [5.41, 5.74) is 2.05. The zero-order chi connectivity index (χ0) is 15.8. The summed E-state index contributed by atoms with van der Waals surface area (Å²) in [6, 6.07) is 5.06. The van der Waals surface area contributed by atoms with Crippen LogP contribution in [0.15, 0.2) is 18.3 Å². The van der Waals surface area contributed by atoms with E-state index < -0.39 is 0 Å². The minimum atomic E-state index is 0.388. The second kappa shape index (κ2) is 6.21. The van der Waals surface area contributed by atoms with Crippen molar-refractivity contribution >= 4 is 11.2 Å². The normalized spacial score (nSPS) is 26.4. The Labute approximate surface area is 137 Å². The molecule has 4 rings (SSSR count). The average molecular weight is 314 g/mol. The van der Waals surface area contributed by atoms with Crippen molar-refractivity contribution in [3.05, 3.63) is 24.2 Å². The number of rotatable bonds is 3. The van der Waals surface area contributed by atoms with Crippen LogP contribution in [0.1, 0.15) is 50.9 Å². The van der Waals surface area contributed by atoms with Crippen LogP contribution in [0.4, 0.5) is 0 Å². The molecular weight excluding hydrogens is 288 g/mol. The lowest BCUT2D eigenvalue weighted by atomic mass is 9.96. The molecule has 2 aromatic heterocycles. The Balaban J connectivity index is 1.74. The Morgan fingerprint density at radius 3 is 3.00 bits per heavy atom. The lowest BCUT2D eigenvalue weighted by Crippen LogP contribution is -2.40. The number of piperidine rings is 1. The molecule has 124 valence electrons. The molecule has 23 heavy (non-hydrogen) atoms. The predicted octanol–water partition coefficient (Wildman–Crippen LogP) is 2.98. The molecule has 2 aliphatic rings. The number of pyridine rings is 1. The SMILES string of the molecule is CC(C)N1CCCC(c2nc3cccnc3n2C2CCOC2)C1. The molecule has 0 amide bonds. The highest BCUT2D eigenvalue weighted by atomic mass is 16.5. The van der Waals surface area contributed by atoms with Gasteiger partial charge in [-0.15, -0.1) is 0 Å². The second-order valence-electron chi connectivity index (χ2n) is 7.13. The molecule has 5 nitrogen and oxygen atoms in total. The Bertz CT molecular complexity index is 675. The van der Waals surface area contributed by atoms with E-state index in [4.69, 9.17) is 9.72 Å². The molecule has 2 aromatic rings. The summed E-state index contributed by atoms with van der Waals surface area (Å²) in [5, 5.41) is 0. The molecule has 0 saturated carbocycles. The molecule has 0 bridgehead atoms. The molecule has 0 spiro atoms. The third-order valence-electron chi connectivity index (χ3n) is 5.30. The fraction of sp³-hybridized carbons (Fsp3) is 0.667. The number of imidazole rings is 1. The summed E-state index contributed by atoms with van der Waals surface area (Å²) >= 11 is 0. The van der Waals surface area contributed by atoms with E-state index in [1.165, 1.54) is 25.2 Å². The maximum absolute atomic E-state index is 5.64. The highest BCUT2D eigenvalue weighted by Gasteiger charge is 2.31. The standard InChI is InChI=1S/C18H26N4O/c1-13(2)21-9-4-5-14(11-21)17-20-16-6-3-8-19-18(16)22(17)15-7-10-23-12-15/h3,6,8,13-15H,4-5,7,9-12H2,1-2H3. The fourth-order valence-corrected chi connectivity index (χ4v) is 4.01. The summed E-state index contributed by atoms with van der Waals surface area (Å²) in [7, 11) is 0. The van der Waals surface area contributed by atoms with Crippen molar-refractivity contribution in [1.29, 1.82) is 0 Å². The summed E-state index contributed by atoms with van der Waals surface area (Å²) in [4.78, 5) is 12.2. The van der Waals surface area contributed by atoms with Crippen molar-refractivity contribution in [1.82, 2.24) is 19.4 Å². The fourth-order valence-electron chi connectivity index (χ4n) is 4.01. The van der Waals surface area contributed by atoms with E-state index in [9.17, 15) is 0 Å². The third kappa shape index (κ3) is 2.76. The monoisotopic (exact) mass is 314 g/mol. The van der Waals surface area contributed by atoms with Gasteiger partial charge in [-0.25, -0.2) is 9.97 Å². The summed E-state index contributed by atoms with van der Waals surface area (Å²) in [5.74, 6) is 1.72. The van der Waals surface area contributed by atoms with Gasteiger partial charge in [0.05, 0.1) is 12.6 Å². The van der Waals surface area contributed by atoms with E-state index in [0.29, 0.717) is 18.0 Å². The molecule has 2 atom stereocenters. The van der Waals surface area contributed by atoms with Crippen LogP contribution in [-0.4, -0.2) is 51.8 Å². The van der Waals surface area contributed by atoms with Gasteiger partial charge in [0.1, 0.15) is 11.3 Å². The summed E-state index contributed by atoms with van der Waals surface area (Å²) in [6.07, 6.45) is 5.41. The van der Waals surface area contributed by atoms with Gasteiger partial charge in [0, 0.05) is 31.3 Å². The maximum Gasteiger partial charge on any atom is 0.160 e. The predicted molar refractivity (Wildman–Crippen MR) is 90.7 cm³/mol. The minimum absolute atomic E-state index is 0.388. The molecular formula is C18H26N4O. The van der Waals surface area contributed by atoms with Crippen LogP contribution < -0.4 is 0 Å². The van der Waals surface area contributed by atoms with E-state index in [1.807, 2.05) is 12.3 Å². The van der Waals surface area contributed by atoms with Crippen LogP contribution in [0, 0.1) is 0 Å². The van der Waals surface area contributed by atoms with Gasteiger partial charge in [-0.2, -0.15) is 0 Å². The largest absolute Gasteiger partial charge is 0.379 e. The summed E-state index contributed by atoms with van der Waals surface area (Å²) < 4.78 is 8.03. The Hall–Kier alpha value is -1.46. The number of hydrogen-bond acceptors (Lipinski definition) is 4. The van der Waals surface area contributed by atoms with Crippen molar-refractivity contribution < 1.29 is 4.74 Å². The quantitative estimate of drug-likeness (QED) is 0.873. The number of likely N-dealkylation sites (tertiary alicyclic amines) is 1. The molecule has 2 saturated heterocycles. The Morgan fingerprint density at radius 2 is 2.22 bits per heavy atom. The van der Waals surface area contributed by atoms with E-state index in [2.05, 4.69) is 34.4 Å². The van der Waals surface area contributed by atoms with Gasteiger partial charge in [-0.1, -0.05) is 0 Å². The first-order chi connectivity index (χ1) is 11.2. The number of hydrogen-bond donors (Lipinski definition) is 0. The van der Waals surface area contributed by atoms with Gasteiger partial charge in [0.15, 0.2) is 5.65 Å². The molecule has 0 N–H and O–H groups in total. The van der Waals surface area contributed by atoms with E-state index in [-0.39, 0.29) is 0 Å². The lowest BCUT2D eigenvalue weighted by Gasteiger charge is -2.35. The third-order valence-corrected chi connectivity index (χ3v) is 5.30. The molecule has 2 unspecified atom stereocenters. The zero-order valence-corrected chi connectivity index (χ0v) is 14.1. The van der Waals surface area contributed by atoms with Crippen LogP contribution in [-0.2, 0) is 4.74 Å². The number of fused-ring (bicyclic) bond motifs is 1. The van der Waals surface area contributed by atoms with Gasteiger partial charge in [-0.05, 0) is 51.8 Å². The molecule has 0 radical (unpaired) electrons. The molecule has 0 aromatic carbocycles. The van der Waals surface area contributed by atoms with Gasteiger partial charge >= 0.3 is 0 Å². The van der Waals surface area contributed by atoms with Crippen LogP contribution in [0.25, 0.3) is 11.2 Å². The first kappa shape index (κ1) is 15.1. The van der Waals surface area contributed by atoms with Gasteiger partial charge < -0.3 is 14.2 Å². The van der Waals surface area contributed by atoms with Crippen molar-refractivity contribution in [2.75, 3.05) is 26.3 Å². The van der Waals surface area contributed by atoms with E-state index in [0.717, 1.165) is 37.3 Å². The van der Waals surface area contributed by atoms with Crippen LogP contribution in [0.3, 0.4) is 0 Å². The maximum atomic E-state index is 5.64. The molecule has 0 aliphatic carbocycles. The van der Waals surface area contributed by atoms with Crippen molar-refractivity contribution in [3.63, 3.8) is 0 Å². The van der Waals surface area contributed by atoms with Crippen molar-refractivity contribution in [2.45, 2.75) is 51.1 Å². The lowest BCUT2D eigenvalue weighted by molar-refractivity contribution is 0.160. The molecule has 4 heterocycles. The topological polar surface area (TPSA) is 43.2 Å². The number of nitrogens with zero attached hydrogens (tertiary/aromatic N) is 4. The Kier molecular flexibility index (Phi) is 4.07. The van der Waals surface area contributed by atoms with Crippen LogP contribution in [0.2, 0.25) is 0 Å². The zero-order valence-electron chi connectivity index (χ0n) is 14.1. The second-order valence-corrected chi connectivity index (χ2v) is 7.13. The van der Waals surface area contributed by atoms with E-state index >= 15 is 0 Å². The highest BCUT2D eigenvalue weighted by Crippen LogP contribution is 2.33. The number of aromatic nitrogens is 3. The first-order valence-corrected chi connectivity index (χ1v) is 8.88. The molecule has 5 heteroatoms. The average Bonchev–Trinajstić information content (AvgIpc) is 3.21. The van der Waals surface area contributed by atoms with Crippen molar-refractivity contribution in [2.24, 2.45) is 0 Å². The van der Waals surface area contributed by atoms with E-state index in [1.54, 1.807) is 0 Å². The van der Waals surface area contributed by atoms with Crippen LogP contribution in [0.5, 0.6) is 0 Å². The summed E-state index contributed by atoms with van der Waals surface area (Å²) in [6.45, 7) is 8.53. The van der Waals surface area contributed by atoms with Gasteiger partial charge in [0.2, 0.25) is 0 Å². The van der Waals surface area contributed by atoms with Crippen LogP contribution >= 0.6 is 0 Å². The smallest absolute Gasteiger partial charge is 0.160 e. The highest BCUT2D eigenvalue weighted by molar-refractivity contribution is 5.71. The van der Waals surface area contributed by atoms with Gasteiger partial charge in [-0.3, -0.25) is 0 Å². The van der Waals surface area contributed by atoms with Gasteiger partial charge in [0.25, 0.3) is 0 Å². The molecule has 2 aliphatic heterocycles.